The number of hydrogen-bond acceptors (Lipinski definition) is 2. The molecule has 0 aliphatic heterocycles. The molecule has 2 N–H and O–H groups in total. The van der Waals surface area contributed by atoms with E-state index in [-0.39, 0.29) is 0 Å². The molecular formula is C10H21NOS. The van der Waals surface area contributed by atoms with Crippen LogP contribution in [0, 0.1) is 11.8 Å². The second-order valence-corrected chi connectivity index (χ2v) is 5.72. The third kappa shape index (κ3) is 2.78. The summed E-state index contributed by atoms with van der Waals surface area (Å²) in [5.74, 6) is 1.30. The van der Waals surface area contributed by atoms with Gasteiger partial charge in [0.1, 0.15) is 0 Å². The maximum Gasteiger partial charge on any atom is 0.0388 e. The van der Waals surface area contributed by atoms with Crippen molar-refractivity contribution in [3.8, 4) is 0 Å². The summed E-state index contributed by atoms with van der Waals surface area (Å²) in [4.78, 5) is 0. The van der Waals surface area contributed by atoms with Crippen LogP contribution >= 0.6 is 0 Å². The predicted octanol–water partition coefficient (Wildman–Crippen LogP) is 1.52. The molecule has 0 bridgehead atoms. The Kier molecular flexibility index (Phi) is 4.39. The highest BCUT2D eigenvalue weighted by Crippen LogP contribution is 2.32. The van der Waals surface area contributed by atoms with Crippen LogP contribution in [0.25, 0.3) is 0 Å². The van der Waals surface area contributed by atoms with Crippen molar-refractivity contribution >= 4 is 10.8 Å². The van der Waals surface area contributed by atoms with E-state index in [0.717, 1.165) is 12.3 Å². The molecule has 1 fully saturated rings. The van der Waals surface area contributed by atoms with Gasteiger partial charge >= 0.3 is 0 Å². The highest BCUT2D eigenvalue weighted by atomic mass is 32.2. The first-order valence-corrected chi connectivity index (χ1v) is 6.83. The van der Waals surface area contributed by atoms with Gasteiger partial charge in [-0.3, -0.25) is 4.21 Å². The summed E-state index contributed by atoms with van der Waals surface area (Å²) < 4.78 is 11.5. The lowest BCUT2D eigenvalue weighted by Gasteiger charge is -2.33. The summed E-state index contributed by atoms with van der Waals surface area (Å²) in [5.41, 5.74) is 5.68. The maximum absolute atomic E-state index is 11.5. The van der Waals surface area contributed by atoms with Gasteiger partial charge in [0.25, 0.3) is 0 Å². The Morgan fingerprint density at radius 2 is 2.15 bits per heavy atom. The topological polar surface area (TPSA) is 43.1 Å². The third-order valence-electron chi connectivity index (χ3n) is 3.34. The first-order chi connectivity index (χ1) is 6.19. The van der Waals surface area contributed by atoms with Crippen LogP contribution in [0.4, 0.5) is 0 Å². The van der Waals surface area contributed by atoms with Crippen LogP contribution < -0.4 is 5.73 Å². The summed E-state index contributed by atoms with van der Waals surface area (Å²) in [6.45, 7) is 2.93. The molecule has 0 amide bonds. The fourth-order valence-electron chi connectivity index (χ4n) is 2.32. The summed E-state index contributed by atoms with van der Waals surface area (Å²) in [7, 11) is -0.684. The number of hydrogen-bond donors (Lipinski definition) is 1. The minimum Gasteiger partial charge on any atom is -0.330 e. The van der Waals surface area contributed by atoms with Crippen molar-refractivity contribution in [3.63, 3.8) is 0 Å². The lowest BCUT2D eigenvalue weighted by atomic mass is 9.80. The van der Waals surface area contributed by atoms with Crippen molar-refractivity contribution in [1.82, 2.24) is 0 Å². The van der Waals surface area contributed by atoms with E-state index in [1.54, 1.807) is 0 Å². The Balaban J connectivity index is 2.57. The van der Waals surface area contributed by atoms with Crippen molar-refractivity contribution in [3.05, 3.63) is 0 Å². The van der Waals surface area contributed by atoms with Crippen molar-refractivity contribution in [1.29, 1.82) is 0 Å². The molecule has 0 radical (unpaired) electrons. The second kappa shape index (κ2) is 5.11. The van der Waals surface area contributed by atoms with Gasteiger partial charge in [0.15, 0.2) is 0 Å². The van der Waals surface area contributed by atoms with Gasteiger partial charge in [0.05, 0.1) is 0 Å². The second-order valence-electron chi connectivity index (χ2n) is 4.12. The van der Waals surface area contributed by atoms with Crippen LogP contribution in [-0.2, 0) is 10.8 Å². The Bertz CT molecular complexity index is 184. The van der Waals surface area contributed by atoms with E-state index in [0.29, 0.717) is 17.7 Å². The molecule has 1 saturated carbocycles. The van der Waals surface area contributed by atoms with Crippen molar-refractivity contribution in [2.75, 3.05) is 12.8 Å². The zero-order valence-corrected chi connectivity index (χ0v) is 9.48. The van der Waals surface area contributed by atoms with E-state index in [1.807, 2.05) is 6.26 Å². The highest BCUT2D eigenvalue weighted by Gasteiger charge is 2.31. The van der Waals surface area contributed by atoms with Crippen molar-refractivity contribution < 1.29 is 4.21 Å². The van der Waals surface area contributed by atoms with Gasteiger partial charge in [-0.25, -0.2) is 0 Å². The zero-order valence-electron chi connectivity index (χ0n) is 8.66. The normalized spacial score (nSPS) is 37.3. The largest absolute Gasteiger partial charge is 0.330 e. The Morgan fingerprint density at radius 1 is 1.46 bits per heavy atom. The van der Waals surface area contributed by atoms with Crippen molar-refractivity contribution in [2.24, 2.45) is 17.6 Å². The smallest absolute Gasteiger partial charge is 0.0388 e. The van der Waals surface area contributed by atoms with Crippen LogP contribution in [0.5, 0.6) is 0 Å². The minimum absolute atomic E-state index is 0.365. The average Bonchev–Trinajstić information content (AvgIpc) is 2.16. The SMILES string of the molecule is CCC1CCC(CN)C(S(C)=O)C1. The molecule has 0 heterocycles. The first-order valence-electron chi connectivity index (χ1n) is 5.21. The third-order valence-corrected chi connectivity index (χ3v) is 4.77. The molecule has 1 aliphatic rings. The van der Waals surface area contributed by atoms with Crippen LogP contribution in [0.2, 0.25) is 0 Å². The number of nitrogens with two attached hydrogens (primary N) is 1. The summed E-state index contributed by atoms with van der Waals surface area (Å²) >= 11 is 0. The van der Waals surface area contributed by atoms with E-state index in [9.17, 15) is 4.21 Å². The van der Waals surface area contributed by atoms with Gasteiger partial charge in [0, 0.05) is 22.3 Å². The van der Waals surface area contributed by atoms with Crippen LogP contribution in [-0.4, -0.2) is 22.3 Å². The summed E-state index contributed by atoms with van der Waals surface area (Å²) in [6, 6.07) is 0. The van der Waals surface area contributed by atoms with Gasteiger partial charge in [-0.15, -0.1) is 0 Å². The first kappa shape index (κ1) is 11.2. The molecular weight excluding hydrogens is 182 g/mol. The summed E-state index contributed by atoms with van der Waals surface area (Å²) in [5, 5.41) is 0.365. The van der Waals surface area contributed by atoms with Crippen molar-refractivity contribution in [2.45, 2.75) is 37.9 Å². The molecule has 0 saturated heterocycles. The van der Waals surface area contributed by atoms with Crippen LogP contribution in [0.3, 0.4) is 0 Å². The molecule has 0 aromatic heterocycles. The Labute approximate surface area is 83.7 Å². The molecule has 2 nitrogen and oxygen atoms in total. The molecule has 1 rings (SSSR count). The molecule has 4 unspecified atom stereocenters. The highest BCUT2D eigenvalue weighted by molar-refractivity contribution is 7.84. The molecule has 3 heteroatoms. The van der Waals surface area contributed by atoms with E-state index in [2.05, 4.69) is 6.92 Å². The molecule has 78 valence electrons. The molecule has 13 heavy (non-hydrogen) atoms. The zero-order chi connectivity index (χ0) is 9.84. The molecule has 0 spiro atoms. The van der Waals surface area contributed by atoms with Gasteiger partial charge in [-0.2, -0.15) is 0 Å². The fraction of sp³-hybridized carbons (Fsp3) is 1.00. The van der Waals surface area contributed by atoms with Gasteiger partial charge in [0.2, 0.25) is 0 Å². The van der Waals surface area contributed by atoms with E-state index >= 15 is 0 Å². The van der Waals surface area contributed by atoms with E-state index in [4.69, 9.17) is 5.73 Å². The summed E-state index contributed by atoms with van der Waals surface area (Å²) in [6.07, 6.45) is 6.64. The standard InChI is InChI=1S/C10H21NOS/c1-3-8-4-5-9(7-11)10(6-8)13(2)12/h8-10H,3-7,11H2,1-2H3. The predicted molar refractivity (Wildman–Crippen MR) is 58.0 cm³/mol. The Morgan fingerprint density at radius 3 is 2.62 bits per heavy atom. The van der Waals surface area contributed by atoms with Gasteiger partial charge < -0.3 is 5.73 Å². The van der Waals surface area contributed by atoms with E-state index in [1.165, 1.54) is 19.3 Å². The molecule has 0 aromatic rings. The average molecular weight is 203 g/mol. The lowest BCUT2D eigenvalue weighted by Crippen LogP contribution is -2.36. The van der Waals surface area contributed by atoms with Gasteiger partial charge in [-0.1, -0.05) is 19.8 Å². The van der Waals surface area contributed by atoms with E-state index < -0.39 is 10.8 Å². The quantitative estimate of drug-likeness (QED) is 0.755. The molecule has 4 atom stereocenters. The van der Waals surface area contributed by atoms with Crippen LogP contribution in [0.15, 0.2) is 0 Å². The minimum atomic E-state index is -0.684. The Hall–Kier alpha value is 0.110. The lowest BCUT2D eigenvalue weighted by molar-refractivity contribution is 0.280. The van der Waals surface area contributed by atoms with Gasteiger partial charge in [-0.05, 0) is 31.2 Å². The fourth-order valence-corrected chi connectivity index (χ4v) is 3.65. The maximum atomic E-state index is 11.5. The van der Waals surface area contributed by atoms with Crippen LogP contribution in [0.1, 0.15) is 32.6 Å². The molecule has 0 aromatic carbocycles. The number of rotatable bonds is 3. The molecule has 1 aliphatic carbocycles. The monoisotopic (exact) mass is 203 g/mol.